The van der Waals surface area contributed by atoms with Gasteiger partial charge in [0.1, 0.15) is 24.6 Å². The molecular weight excluding hydrogens is 795 g/mol. The lowest BCUT2D eigenvalue weighted by Gasteiger charge is -2.73. The number of benzene rings is 1. The minimum absolute atomic E-state index is 0.0168. The van der Waals surface area contributed by atoms with Crippen LogP contribution in [0.1, 0.15) is 116 Å². The number of aliphatic hydroxyl groups is 6. The van der Waals surface area contributed by atoms with E-state index in [9.17, 15) is 45.3 Å². The van der Waals surface area contributed by atoms with Gasteiger partial charge in [0.25, 0.3) is 0 Å². The van der Waals surface area contributed by atoms with Crippen LogP contribution in [-0.4, -0.2) is 118 Å². The third-order valence-electron chi connectivity index (χ3n) is 18.2. The maximum absolute atomic E-state index is 13.5. The van der Waals surface area contributed by atoms with Gasteiger partial charge in [0.2, 0.25) is 0 Å². The minimum atomic E-state index is -1.54. The van der Waals surface area contributed by atoms with E-state index in [0.29, 0.717) is 51.4 Å². The average Bonchev–Trinajstić information content (AvgIpc) is 3.24. The van der Waals surface area contributed by atoms with E-state index in [2.05, 4.69) is 51.2 Å². The number of fused-ring (bicyclic) bond motifs is 7. The van der Waals surface area contributed by atoms with Crippen LogP contribution in [0, 0.1) is 56.2 Å². The Morgan fingerprint density at radius 2 is 1.65 bits per heavy atom. The highest BCUT2D eigenvalue weighted by Crippen LogP contribution is 2.77. The number of allylic oxidation sites excluding steroid dienone is 2. The fourth-order valence-electron chi connectivity index (χ4n) is 14.6. The monoisotopic (exact) mass is 870 g/mol. The van der Waals surface area contributed by atoms with Crippen molar-refractivity contribution in [3.63, 3.8) is 0 Å². The molecular formula is C49H75NO12. The molecule has 17 atom stereocenters. The van der Waals surface area contributed by atoms with Crippen molar-refractivity contribution in [2.75, 3.05) is 26.9 Å². The van der Waals surface area contributed by atoms with Gasteiger partial charge in [-0.15, -0.1) is 0 Å². The lowest BCUT2D eigenvalue weighted by atomic mass is 9.31. The topological polar surface area (TPSA) is 215 Å². The van der Waals surface area contributed by atoms with Gasteiger partial charge < -0.3 is 60.1 Å². The van der Waals surface area contributed by atoms with Crippen LogP contribution in [0.3, 0.4) is 0 Å². The van der Waals surface area contributed by atoms with Gasteiger partial charge in [0.05, 0.1) is 43.5 Å². The van der Waals surface area contributed by atoms with Crippen LogP contribution >= 0.6 is 0 Å². The second-order valence-electron chi connectivity index (χ2n) is 21.8. The predicted octanol–water partition coefficient (Wildman–Crippen LogP) is 4.51. The summed E-state index contributed by atoms with van der Waals surface area (Å²) in [5.41, 5.74) is -0.304. The quantitative estimate of drug-likeness (QED) is 0.0693. The molecule has 62 heavy (non-hydrogen) atoms. The predicted molar refractivity (Wildman–Crippen MR) is 230 cm³/mol. The van der Waals surface area contributed by atoms with E-state index in [1.807, 2.05) is 26.1 Å². The Labute approximate surface area is 367 Å². The highest BCUT2D eigenvalue weighted by atomic mass is 16.7. The second-order valence-corrected chi connectivity index (χ2v) is 21.8. The number of nitrogens with one attached hydrogen (secondary N) is 1. The van der Waals surface area contributed by atoms with E-state index in [1.54, 1.807) is 0 Å². The number of hydrogen-bond acceptors (Lipinski definition) is 12. The molecule has 1 aromatic carbocycles. The van der Waals surface area contributed by atoms with Gasteiger partial charge in [-0.25, -0.2) is 0 Å². The first kappa shape index (κ1) is 47.7. The van der Waals surface area contributed by atoms with Gasteiger partial charge in [-0.1, -0.05) is 70.5 Å². The fraction of sp³-hybridized carbons (Fsp3) is 0.796. The van der Waals surface area contributed by atoms with E-state index in [1.165, 1.54) is 5.57 Å². The summed E-state index contributed by atoms with van der Waals surface area (Å²) < 4.78 is 19.6. The zero-order chi connectivity index (χ0) is 45.0. The van der Waals surface area contributed by atoms with E-state index < -0.39 is 76.0 Å². The molecule has 4 saturated carbocycles. The maximum Gasteiger partial charge on any atom is 0.310 e. The highest BCUT2D eigenvalue weighted by molar-refractivity contribution is 5.76. The molecule has 0 spiro atoms. The Morgan fingerprint density at radius 1 is 0.952 bits per heavy atom. The lowest BCUT2D eigenvalue weighted by molar-refractivity contribution is -0.334. The SMILES string of the molecule is CNCc1ccc(COC2CC3(C)C(CCC4(C)C3C(CCC(O)CC=O)C=C3C5CC(C)(CO)CCC5(C(=O)O)CCC34C)C(C)(CO)C2OC2OCC(O)C(O)C2O)cc1. The van der Waals surface area contributed by atoms with Gasteiger partial charge in [-0.3, -0.25) is 4.79 Å². The molecule has 13 nitrogen and oxygen atoms in total. The third-order valence-corrected chi connectivity index (χ3v) is 18.2. The summed E-state index contributed by atoms with van der Waals surface area (Å²) in [6, 6.07) is 8.18. The number of aliphatic carboxylic acids is 1. The van der Waals surface area contributed by atoms with E-state index >= 15 is 0 Å². The number of hydrogen-bond donors (Lipinski definition) is 8. The van der Waals surface area contributed by atoms with Crippen molar-refractivity contribution in [2.24, 2.45) is 56.2 Å². The first-order chi connectivity index (χ1) is 29.3. The van der Waals surface area contributed by atoms with Gasteiger partial charge in [0.15, 0.2) is 6.29 Å². The maximum atomic E-state index is 13.5. The van der Waals surface area contributed by atoms with E-state index in [-0.39, 0.29) is 61.9 Å². The second kappa shape index (κ2) is 17.8. The number of carboxylic acids is 1. The summed E-state index contributed by atoms with van der Waals surface area (Å²) in [6.07, 6.45) is 1.27. The summed E-state index contributed by atoms with van der Waals surface area (Å²) in [5.74, 6) is -1.31. The molecule has 348 valence electrons. The zero-order valence-corrected chi connectivity index (χ0v) is 37.8. The number of ether oxygens (including phenoxy) is 3. The van der Waals surface area contributed by atoms with Gasteiger partial charge in [-0.2, -0.15) is 0 Å². The Balaban J connectivity index is 1.34. The van der Waals surface area contributed by atoms with Gasteiger partial charge in [0, 0.05) is 25.0 Å². The molecule has 5 aliphatic carbocycles. The van der Waals surface area contributed by atoms with E-state index in [0.717, 1.165) is 36.8 Å². The lowest BCUT2D eigenvalue weighted by Crippen LogP contribution is -2.70. The first-order valence-corrected chi connectivity index (χ1v) is 23.2. The standard InChI is InChI=1S/C49H75NO12/c1-44(27-52)16-18-49(43(58)59)19-17-47(4)33(34(49)22-44)21-31(11-12-32(54)14-20-51)40-45(2)23-36(60-25-30-9-7-29(8-10-30)24-50-6)41(62-42-39(57)38(56)35(55)26-61-42)46(3,28-53)37(45)13-15-48(40,47)5/h7-10,20-21,31-32,34-42,50,52-57H,11-19,22-28H2,1-6H3,(H,58,59). The van der Waals surface area contributed by atoms with Crippen LogP contribution in [0.25, 0.3) is 0 Å². The van der Waals surface area contributed by atoms with Gasteiger partial charge >= 0.3 is 5.97 Å². The number of aliphatic hydroxyl groups excluding tert-OH is 6. The Hall–Kier alpha value is -2.30. The molecule has 0 radical (unpaired) electrons. The fourth-order valence-corrected chi connectivity index (χ4v) is 14.6. The number of aldehydes is 1. The molecule has 1 aromatic rings. The summed E-state index contributed by atoms with van der Waals surface area (Å²) in [6.45, 7) is 11.6. The van der Waals surface area contributed by atoms with Crippen molar-refractivity contribution in [1.82, 2.24) is 5.32 Å². The zero-order valence-electron chi connectivity index (χ0n) is 37.8. The number of carbonyl (C=O) groups excluding carboxylic acids is 1. The molecule has 0 amide bonds. The first-order valence-electron chi connectivity index (χ1n) is 23.2. The molecule has 0 aromatic heterocycles. The Bertz CT molecular complexity index is 1790. The summed E-state index contributed by atoms with van der Waals surface area (Å²) in [7, 11) is 1.90. The average molecular weight is 870 g/mol. The molecule has 1 heterocycles. The van der Waals surface area contributed by atoms with Crippen LogP contribution in [-0.2, 0) is 37.0 Å². The van der Waals surface area contributed by atoms with Crippen LogP contribution < -0.4 is 5.32 Å². The van der Waals surface area contributed by atoms with Crippen LogP contribution in [0.15, 0.2) is 35.9 Å². The Kier molecular flexibility index (Phi) is 13.7. The highest BCUT2D eigenvalue weighted by Gasteiger charge is 2.72. The van der Waals surface area contributed by atoms with Crippen molar-refractivity contribution in [1.29, 1.82) is 0 Å². The smallest absolute Gasteiger partial charge is 0.310 e. The molecule has 8 N–H and O–H groups in total. The number of rotatable bonds is 15. The van der Waals surface area contributed by atoms with Crippen molar-refractivity contribution in [3.8, 4) is 0 Å². The third kappa shape index (κ3) is 7.85. The molecule has 13 heteroatoms. The molecule has 5 fully saturated rings. The summed E-state index contributed by atoms with van der Waals surface area (Å²) in [5, 5.41) is 79.8. The largest absolute Gasteiger partial charge is 0.481 e. The van der Waals surface area contributed by atoms with Crippen molar-refractivity contribution in [3.05, 3.63) is 47.0 Å². The molecule has 17 unspecified atom stereocenters. The summed E-state index contributed by atoms with van der Waals surface area (Å²) in [4.78, 5) is 25.1. The van der Waals surface area contributed by atoms with Crippen LogP contribution in [0.2, 0.25) is 0 Å². The van der Waals surface area contributed by atoms with Crippen molar-refractivity contribution < 1.29 is 59.5 Å². The van der Waals surface area contributed by atoms with E-state index in [4.69, 9.17) is 14.2 Å². The normalized spacial score (nSPS) is 45.7. The molecule has 1 saturated heterocycles. The molecule has 6 aliphatic rings. The minimum Gasteiger partial charge on any atom is -0.481 e. The van der Waals surface area contributed by atoms with Crippen LogP contribution in [0.5, 0.6) is 0 Å². The molecule has 1 aliphatic heterocycles. The molecule has 0 bridgehead atoms. The van der Waals surface area contributed by atoms with Crippen LogP contribution in [0.4, 0.5) is 0 Å². The molecule has 7 rings (SSSR count). The Morgan fingerprint density at radius 3 is 2.29 bits per heavy atom. The van der Waals surface area contributed by atoms with Crippen molar-refractivity contribution in [2.45, 2.75) is 161 Å². The summed E-state index contributed by atoms with van der Waals surface area (Å²) >= 11 is 0. The number of carboxylic acid groups (broad SMARTS) is 1. The van der Waals surface area contributed by atoms with Crippen molar-refractivity contribution >= 4 is 12.3 Å². The van der Waals surface area contributed by atoms with Gasteiger partial charge in [-0.05, 0) is 128 Å². The number of carbonyl (C=O) groups is 2.